The summed E-state index contributed by atoms with van der Waals surface area (Å²) < 4.78 is 11.1. The Morgan fingerprint density at radius 2 is 1.65 bits per heavy atom. The molecule has 1 aliphatic rings. The Morgan fingerprint density at radius 3 is 2.29 bits per heavy atom. The largest absolute Gasteiger partial charge is 0.490 e. The summed E-state index contributed by atoms with van der Waals surface area (Å²) in [7, 11) is 0. The summed E-state index contributed by atoms with van der Waals surface area (Å²) in [6.45, 7) is 4.34. The maximum Gasteiger partial charge on any atom is 0.335 e. The molecule has 1 saturated heterocycles. The number of nitrogens with one attached hydrogen (secondary N) is 1. The van der Waals surface area contributed by atoms with Gasteiger partial charge in [-0.3, -0.25) is 14.9 Å². The smallest absolute Gasteiger partial charge is 0.335 e. The number of carbonyl (C=O) groups is 3. The van der Waals surface area contributed by atoms with Crippen molar-refractivity contribution in [2.45, 2.75) is 13.8 Å². The molecule has 0 spiro atoms. The number of imide groups is 2. The van der Waals surface area contributed by atoms with Crippen molar-refractivity contribution in [3.8, 4) is 11.5 Å². The Bertz CT molecular complexity index is 1100. The lowest BCUT2D eigenvalue weighted by Gasteiger charge is -2.26. The van der Waals surface area contributed by atoms with Gasteiger partial charge in [-0.05, 0) is 55.8 Å². The second-order valence-electron chi connectivity index (χ2n) is 6.25. The van der Waals surface area contributed by atoms with Gasteiger partial charge >= 0.3 is 6.03 Å². The predicted octanol–water partition coefficient (Wildman–Crippen LogP) is 5.11. The SMILES string of the molecule is CCOc1cc(/C=C2\C(=O)NC(=O)N(c3ccc(Cl)c(Cl)c3)C2=O)cc(Cl)c1OCC. The van der Waals surface area contributed by atoms with Gasteiger partial charge in [0.2, 0.25) is 0 Å². The van der Waals surface area contributed by atoms with Crippen LogP contribution in [0, 0.1) is 0 Å². The van der Waals surface area contributed by atoms with Crippen molar-refractivity contribution in [2.24, 2.45) is 0 Å². The Hall–Kier alpha value is -2.74. The fraction of sp³-hybridized carbons (Fsp3) is 0.190. The standard InChI is InChI=1S/C21H17Cl3N2O5/c1-3-30-17-9-11(8-16(24)18(17)31-4-2)7-13-19(27)25-21(29)26(20(13)28)12-5-6-14(22)15(23)10-12/h5-10H,3-4H2,1-2H3,(H,25,27,29)/b13-7+. The van der Waals surface area contributed by atoms with Crippen LogP contribution in [-0.2, 0) is 9.59 Å². The molecule has 4 amide bonds. The minimum absolute atomic E-state index is 0.154. The number of benzene rings is 2. The van der Waals surface area contributed by atoms with Gasteiger partial charge in [0.15, 0.2) is 11.5 Å². The minimum atomic E-state index is -0.898. The highest BCUT2D eigenvalue weighted by molar-refractivity contribution is 6.43. The van der Waals surface area contributed by atoms with E-state index < -0.39 is 17.8 Å². The van der Waals surface area contributed by atoms with Gasteiger partial charge in [-0.25, -0.2) is 9.69 Å². The number of hydrogen-bond donors (Lipinski definition) is 1. The van der Waals surface area contributed by atoms with Crippen LogP contribution in [0.15, 0.2) is 35.9 Å². The molecule has 1 N–H and O–H groups in total. The molecule has 31 heavy (non-hydrogen) atoms. The summed E-state index contributed by atoms with van der Waals surface area (Å²) in [6.07, 6.45) is 1.32. The molecule has 1 heterocycles. The molecule has 0 unspecified atom stereocenters. The maximum absolute atomic E-state index is 13.0. The molecule has 0 radical (unpaired) electrons. The van der Waals surface area contributed by atoms with Gasteiger partial charge in [-0.15, -0.1) is 0 Å². The van der Waals surface area contributed by atoms with E-state index in [0.717, 1.165) is 4.90 Å². The van der Waals surface area contributed by atoms with Crippen molar-refractivity contribution >= 4 is 64.4 Å². The third-order valence-electron chi connectivity index (χ3n) is 4.19. The van der Waals surface area contributed by atoms with Gasteiger partial charge in [0.05, 0.1) is 34.0 Å². The van der Waals surface area contributed by atoms with E-state index in [4.69, 9.17) is 44.3 Å². The van der Waals surface area contributed by atoms with Crippen LogP contribution in [0.1, 0.15) is 19.4 Å². The van der Waals surface area contributed by atoms with E-state index in [9.17, 15) is 14.4 Å². The van der Waals surface area contributed by atoms with E-state index in [-0.39, 0.29) is 26.3 Å². The maximum atomic E-state index is 13.0. The van der Waals surface area contributed by atoms with Crippen molar-refractivity contribution < 1.29 is 23.9 Å². The summed E-state index contributed by atoms with van der Waals surface area (Å²) in [5.41, 5.74) is 0.308. The Kier molecular flexibility index (Phi) is 7.10. The van der Waals surface area contributed by atoms with Crippen molar-refractivity contribution in [3.63, 3.8) is 0 Å². The van der Waals surface area contributed by atoms with Crippen molar-refractivity contribution in [1.29, 1.82) is 0 Å². The summed E-state index contributed by atoms with van der Waals surface area (Å²) in [4.78, 5) is 38.6. The summed E-state index contributed by atoms with van der Waals surface area (Å²) in [5.74, 6) is -0.936. The number of nitrogens with zero attached hydrogens (tertiary/aromatic N) is 1. The van der Waals surface area contributed by atoms with E-state index in [1.54, 1.807) is 13.0 Å². The van der Waals surface area contributed by atoms with E-state index in [2.05, 4.69) is 5.32 Å². The van der Waals surface area contributed by atoms with E-state index in [1.165, 1.54) is 30.3 Å². The van der Waals surface area contributed by atoms with Crippen molar-refractivity contribution in [3.05, 3.63) is 56.5 Å². The van der Waals surface area contributed by atoms with E-state index >= 15 is 0 Å². The Labute approximate surface area is 193 Å². The molecular weight excluding hydrogens is 467 g/mol. The van der Waals surface area contributed by atoms with Gasteiger partial charge in [0, 0.05) is 0 Å². The van der Waals surface area contributed by atoms with Crippen LogP contribution in [-0.4, -0.2) is 31.1 Å². The molecule has 1 fully saturated rings. The monoisotopic (exact) mass is 482 g/mol. The lowest BCUT2D eigenvalue weighted by Crippen LogP contribution is -2.54. The topological polar surface area (TPSA) is 84.9 Å². The first-order chi connectivity index (χ1) is 14.8. The second kappa shape index (κ2) is 9.60. The number of ether oxygens (including phenoxy) is 2. The normalized spacial score (nSPS) is 15.3. The highest BCUT2D eigenvalue weighted by Gasteiger charge is 2.37. The van der Waals surface area contributed by atoms with Crippen molar-refractivity contribution in [2.75, 3.05) is 18.1 Å². The number of barbiturate groups is 1. The highest BCUT2D eigenvalue weighted by atomic mass is 35.5. The Balaban J connectivity index is 2.04. The van der Waals surface area contributed by atoms with Gasteiger partial charge in [-0.1, -0.05) is 34.8 Å². The average Bonchev–Trinajstić information content (AvgIpc) is 2.70. The zero-order valence-corrected chi connectivity index (χ0v) is 18.8. The van der Waals surface area contributed by atoms with Gasteiger partial charge in [0.25, 0.3) is 11.8 Å². The summed E-state index contributed by atoms with van der Waals surface area (Å²) in [5, 5.41) is 2.81. The minimum Gasteiger partial charge on any atom is -0.490 e. The first-order valence-corrected chi connectivity index (χ1v) is 10.4. The fourth-order valence-corrected chi connectivity index (χ4v) is 3.47. The number of urea groups is 1. The third kappa shape index (κ3) is 4.79. The number of anilines is 1. The fourth-order valence-electron chi connectivity index (χ4n) is 2.90. The molecule has 162 valence electrons. The molecule has 0 aromatic heterocycles. The molecule has 0 aliphatic carbocycles. The van der Waals surface area contributed by atoms with Crippen molar-refractivity contribution in [1.82, 2.24) is 5.32 Å². The van der Waals surface area contributed by atoms with Crippen LogP contribution in [0.2, 0.25) is 15.1 Å². The highest BCUT2D eigenvalue weighted by Crippen LogP contribution is 2.37. The molecule has 7 nitrogen and oxygen atoms in total. The van der Waals surface area contributed by atoms with E-state index in [0.29, 0.717) is 30.3 Å². The summed E-state index contributed by atoms with van der Waals surface area (Å²) >= 11 is 18.2. The molecule has 0 atom stereocenters. The zero-order valence-electron chi connectivity index (χ0n) is 16.5. The Morgan fingerprint density at radius 1 is 0.935 bits per heavy atom. The molecule has 2 aromatic carbocycles. The number of halogens is 3. The molecule has 3 rings (SSSR count). The number of hydrogen-bond acceptors (Lipinski definition) is 5. The van der Waals surface area contributed by atoms with Crippen LogP contribution in [0.5, 0.6) is 11.5 Å². The second-order valence-corrected chi connectivity index (χ2v) is 7.47. The quantitative estimate of drug-likeness (QED) is 0.456. The average molecular weight is 484 g/mol. The molecule has 0 bridgehead atoms. The lowest BCUT2D eigenvalue weighted by atomic mass is 10.1. The number of carbonyl (C=O) groups excluding carboxylic acids is 3. The lowest BCUT2D eigenvalue weighted by molar-refractivity contribution is -0.122. The van der Waals surface area contributed by atoms with Crippen LogP contribution in [0.3, 0.4) is 0 Å². The van der Waals surface area contributed by atoms with Gasteiger partial charge in [0.1, 0.15) is 5.57 Å². The van der Waals surface area contributed by atoms with Crippen LogP contribution in [0.4, 0.5) is 10.5 Å². The number of amides is 4. The van der Waals surface area contributed by atoms with E-state index in [1.807, 2.05) is 6.92 Å². The molecule has 2 aromatic rings. The van der Waals surface area contributed by atoms with Crippen LogP contribution in [0.25, 0.3) is 6.08 Å². The van der Waals surface area contributed by atoms with Crippen LogP contribution < -0.4 is 19.7 Å². The molecule has 0 saturated carbocycles. The van der Waals surface area contributed by atoms with Crippen LogP contribution >= 0.6 is 34.8 Å². The molecule has 10 heteroatoms. The predicted molar refractivity (Wildman–Crippen MR) is 119 cm³/mol. The van der Waals surface area contributed by atoms with Gasteiger partial charge in [-0.2, -0.15) is 0 Å². The van der Waals surface area contributed by atoms with Gasteiger partial charge < -0.3 is 9.47 Å². The first kappa shape index (κ1) is 22.9. The first-order valence-electron chi connectivity index (χ1n) is 9.22. The molecule has 1 aliphatic heterocycles. The summed E-state index contributed by atoms with van der Waals surface area (Å²) in [6, 6.07) is 6.47. The number of rotatable bonds is 6. The third-order valence-corrected chi connectivity index (χ3v) is 5.21. The zero-order chi connectivity index (χ0) is 22.7. The molecular formula is C21H17Cl3N2O5.